The molecule has 5 nitrogen and oxygen atoms in total. The van der Waals surface area contributed by atoms with Crippen LogP contribution in [0.4, 0.5) is 4.79 Å². The highest BCUT2D eigenvalue weighted by Gasteiger charge is 2.42. The van der Waals surface area contributed by atoms with Crippen LogP contribution in [0.1, 0.15) is 58.8 Å². The number of carboxylic acids is 1. The molecular formula is C16H28N2O3. The number of rotatable bonds is 7. The van der Waals surface area contributed by atoms with Gasteiger partial charge in [0, 0.05) is 6.04 Å². The minimum atomic E-state index is -0.953. The maximum Gasteiger partial charge on any atom is 0.326 e. The van der Waals surface area contributed by atoms with E-state index >= 15 is 0 Å². The maximum absolute atomic E-state index is 12.0. The van der Waals surface area contributed by atoms with Gasteiger partial charge in [0.2, 0.25) is 0 Å². The minimum absolute atomic E-state index is 0.126. The Morgan fingerprint density at radius 3 is 2.52 bits per heavy atom. The summed E-state index contributed by atoms with van der Waals surface area (Å²) >= 11 is 0. The lowest BCUT2D eigenvalue weighted by atomic mass is 9.84. The van der Waals surface area contributed by atoms with Crippen molar-refractivity contribution in [1.29, 1.82) is 0 Å². The molecule has 2 bridgehead atoms. The molecule has 0 aromatic heterocycles. The normalized spacial score (nSPS) is 29.9. The fraction of sp³-hybridized carbons (Fsp3) is 0.875. The molecule has 5 atom stereocenters. The molecule has 0 radical (unpaired) electrons. The van der Waals surface area contributed by atoms with Gasteiger partial charge in [0.25, 0.3) is 0 Å². The summed E-state index contributed by atoms with van der Waals surface area (Å²) in [6.07, 6.45) is 7.38. The summed E-state index contributed by atoms with van der Waals surface area (Å²) in [5, 5.41) is 14.7. The van der Waals surface area contributed by atoms with Crippen LogP contribution in [0.5, 0.6) is 0 Å². The molecule has 2 amide bonds. The highest BCUT2D eigenvalue weighted by molar-refractivity contribution is 5.82. The van der Waals surface area contributed by atoms with Gasteiger partial charge in [0.05, 0.1) is 0 Å². The van der Waals surface area contributed by atoms with E-state index < -0.39 is 12.0 Å². The topological polar surface area (TPSA) is 78.4 Å². The fourth-order valence-corrected chi connectivity index (χ4v) is 4.09. The lowest BCUT2D eigenvalue weighted by molar-refractivity contribution is -0.139. The Morgan fingerprint density at radius 1 is 1.24 bits per heavy atom. The van der Waals surface area contributed by atoms with Crippen molar-refractivity contribution in [3.05, 3.63) is 0 Å². The second-order valence-corrected chi connectivity index (χ2v) is 6.78. The van der Waals surface area contributed by atoms with Crippen molar-refractivity contribution in [1.82, 2.24) is 10.6 Å². The largest absolute Gasteiger partial charge is 0.480 e. The van der Waals surface area contributed by atoms with Crippen LogP contribution < -0.4 is 10.6 Å². The molecule has 4 unspecified atom stereocenters. The first-order valence-electron chi connectivity index (χ1n) is 8.31. The number of hydrogen-bond donors (Lipinski definition) is 3. The zero-order valence-corrected chi connectivity index (χ0v) is 13.1. The number of amides is 2. The number of fused-ring (bicyclic) bond motifs is 2. The van der Waals surface area contributed by atoms with E-state index in [2.05, 4.69) is 10.6 Å². The molecule has 21 heavy (non-hydrogen) atoms. The average Bonchev–Trinajstić information content (AvgIpc) is 3.05. The molecule has 2 aliphatic rings. The summed E-state index contributed by atoms with van der Waals surface area (Å²) in [6, 6.07) is -0.994. The molecule has 0 aliphatic heterocycles. The van der Waals surface area contributed by atoms with Crippen molar-refractivity contribution in [2.75, 3.05) is 0 Å². The molecule has 2 aliphatic carbocycles. The van der Waals surface area contributed by atoms with E-state index in [-0.39, 0.29) is 12.1 Å². The lowest BCUT2D eigenvalue weighted by Crippen LogP contribution is -2.50. The Labute approximate surface area is 126 Å². The first kappa shape index (κ1) is 16.1. The Bertz CT molecular complexity index is 386. The second kappa shape index (κ2) is 7.14. The van der Waals surface area contributed by atoms with Gasteiger partial charge in [0.1, 0.15) is 6.04 Å². The number of carbonyl (C=O) groups is 2. The third-order valence-corrected chi connectivity index (χ3v) is 5.24. The van der Waals surface area contributed by atoms with Crippen LogP contribution in [0.15, 0.2) is 0 Å². The Morgan fingerprint density at radius 2 is 2.00 bits per heavy atom. The van der Waals surface area contributed by atoms with Crippen LogP contribution in [0.25, 0.3) is 0 Å². The van der Waals surface area contributed by atoms with Gasteiger partial charge in [-0.3, -0.25) is 0 Å². The third kappa shape index (κ3) is 4.11. The number of unbranched alkanes of at least 4 members (excludes halogenated alkanes) is 1. The van der Waals surface area contributed by atoms with Gasteiger partial charge < -0.3 is 15.7 Å². The van der Waals surface area contributed by atoms with Gasteiger partial charge in [-0.05, 0) is 50.4 Å². The molecule has 2 saturated carbocycles. The zero-order valence-electron chi connectivity index (χ0n) is 13.1. The van der Waals surface area contributed by atoms with Crippen molar-refractivity contribution >= 4 is 12.0 Å². The summed E-state index contributed by atoms with van der Waals surface area (Å²) < 4.78 is 0. The smallest absolute Gasteiger partial charge is 0.326 e. The van der Waals surface area contributed by atoms with Gasteiger partial charge in [0.15, 0.2) is 0 Å². The van der Waals surface area contributed by atoms with Crippen LogP contribution in [-0.2, 0) is 4.79 Å². The lowest BCUT2D eigenvalue weighted by Gasteiger charge is -2.29. The summed E-state index contributed by atoms with van der Waals surface area (Å²) in [5.74, 6) is 1.21. The molecule has 2 fully saturated rings. The van der Waals surface area contributed by atoms with Gasteiger partial charge in [-0.1, -0.05) is 26.2 Å². The highest BCUT2D eigenvalue weighted by Crippen LogP contribution is 2.49. The molecule has 0 spiro atoms. The molecule has 2 rings (SSSR count). The van der Waals surface area contributed by atoms with Crippen molar-refractivity contribution in [3.8, 4) is 0 Å². The van der Waals surface area contributed by atoms with Gasteiger partial charge in [-0.2, -0.15) is 0 Å². The van der Waals surface area contributed by atoms with E-state index in [0.29, 0.717) is 12.3 Å². The molecule has 5 heteroatoms. The highest BCUT2D eigenvalue weighted by atomic mass is 16.4. The fourth-order valence-electron chi connectivity index (χ4n) is 4.09. The SMILES string of the molecule is CCCC[C@H](NC(=O)NC(C)C1CC2CCC1C2)C(=O)O. The van der Waals surface area contributed by atoms with E-state index in [9.17, 15) is 9.59 Å². The summed E-state index contributed by atoms with van der Waals surface area (Å²) in [4.78, 5) is 23.2. The quantitative estimate of drug-likeness (QED) is 0.676. The van der Waals surface area contributed by atoms with E-state index in [1.54, 1.807) is 0 Å². The molecular weight excluding hydrogens is 268 g/mol. The van der Waals surface area contributed by atoms with Gasteiger partial charge in [-0.25, -0.2) is 9.59 Å². The third-order valence-electron chi connectivity index (χ3n) is 5.24. The summed E-state index contributed by atoms with van der Waals surface area (Å²) in [6.45, 7) is 4.06. The van der Waals surface area contributed by atoms with E-state index in [4.69, 9.17) is 5.11 Å². The molecule has 0 aromatic carbocycles. The molecule has 0 aromatic rings. The van der Waals surface area contributed by atoms with Crippen molar-refractivity contribution in [2.45, 2.75) is 70.9 Å². The molecule has 0 heterocycles. The van der Waals surface area contributed by atoms with Crippen LogP contribution in [-0.4, -0.2) is 29.2 Å². The first-order chi connectivity index (χ1) is 10.0. The molecule has 0 saturated heterocycles. The van der Waals surface area contributed by atoms with E-state index in [0.717, 1.165) is 24.7 Å². The maximum atomic E-state index is 12.0. The average molecular weight is 296 g/mol. The van der Waals surface area contributed by atoms with E-state index in [1.807, 2.05) is 13.8 Å². The monoisotopic (exact) mass is 296 g/mol. The summed E-state index contributed by atoms with van der Waals surface area (Å²) in [7, 11) is 0. The predicted octanol–water partition coefficient (Wildman–Crippen LogP) is 2.75. The molecule has 120 valence electrons. The van der Waals surface area contributed by atoms with Gasteiger partial charge >= 0.3 is 12.0 Å². The van der Waals surface area contributed by atoms with Crippen LogP contribution in [0.2, 0.25) is 0 Å². The Kier molecular flexibility index (Phi) is 5.48. The van der Waals surface area contributed by atoms with Crippen molar-refractivity contribution in [3.63, 3.8) is 0 Å². The standard InChI is InChI=1S/C16H28N2O3/c1-3-4-5-14(15(19)20)18-16(21)17-10(2)13-9-11-6-7-12(13)8-11/h10-14H,3-9H2,1-2H3,(H,19,20)(H2,17,18,21)/t10?,11?,12?,13?,14-/m0/s1. The van der Waals surface area contributed by atoms with Gasteiger partial charge in [-0.15, -0.1) is 0 Å². The van der Waals surface area contributed by atoms with Crippen LogP contribution in [0, 0.1) is 17.8 Å². The number of carboxylic acid groups (broad SMARTS) is 1. The summed E-state index contributed by atoms with van der Waals surface area (Å²) in [5.41, 5.74) is 0. The number of nitrogens with one attached hydrogen (secondary N) is 2. The Hall–Kier alpha value is -1.26. The number of hydrogen-bond acceptors (Lipinski definition) is 2. The number of urea groups is 1. The van der Waals surface area contributed by atoms with E-state index in [1.165, 1.54) is 25.7 Å². The first-order valence-corrected chi connectivity index (χ1v) is 8.31. The predicted molar refractivity (Wildman–Crippen MR) is 81.0 cm³/mol. The van der Waals surface area contributed by atoms with Crippen LogP contribution >= 0.6 is 0 Å². The van der Waals surface area contributed by atoms with Crippen molar-refractivity contribution in [2.24, 2.45) is 17.8 Å². The van der Waals surface area contributed by atoms with Crippen molar-refractivity contribution < 1.29 is 14.7 Å². The Balaban J connectivity index is 1.78. The second-order valence-electron chi connectivity index (χ2n) is 6.78. The molecule has 3 N–H and O–H groups in total. The minimum Gasteiger partial charge on any atom is -0.480 e. The number of carbonyl (C=O) groups excluding carboxylic acids is 1. The zero-order chi connectivity index (χ0) is 15.4. The van der Waals surface area contributed by atoms with Crippen LogP contribution in [0.3, 0.4) is 0 Å². The number of aliphatic carboxylic acids is 1.